The summed E-state index contributed by atoms with van der Waals surface area (Å²) in [5.74, 6) is 1.37. The summed E-state index contributed by atoms with van der Waals surface area (Å²) in [6.45, 7) is 9.06. The van der Waals surface area contributed by atoms with Gasteiger partial charge in [0.05, 0.1) is 5.75 Å². The number of hydrogen-bond acceptors (Lipinski definition) is 7. The molecule has 2 heterocycles. The molecule has 1 N–H and O–H groups in total. The van der Waals surface area contributed by atoms with E-state index in [1.807, 2.05) is 4.57 Å². The lowest BCUT2D eigenvalue weighted by molar-refractivity contribution is -0.113. The van der Waals surface area contributed by atoms with Crippen LogP contribution in [0.2, 0.25) is 0 Å². The number of nitrogens with zero attached hydrogens (tertiary/aromatic N) is 3. The third kappa shape index (κ3) is 5.93. The first-order chi connectivity index (χ1) is 16.6. The van der Waals surface area contributed by atoms with Crippen molar-refractivity contribution in [3.63, 3.8) is 0 Å². The fourth-order valence-electron chi connectivity index (χ4n) is 4.54. The Balaban J connectivity index is 1.41. The number of nitrogens with one attached hydrogen (secondary N) is 1. The number of fused-ring (bicyclic) bond motifs is 2. The number of aromatic nitrogens is 2. The van der Waals surface area contributed by atoms with Crippen molar-refractivity contribution in [2.45, 2.75) is 57.5 Å². The largest absolute Gasteiger partial charge is 0.486 e. The highest BCUT2D eigenvalue weighted by Gasteiger charge is 2.21. The second-order valence-corrected chi connectivity index (χ2v) is 9.52. The number of thioether (sulfide) groups is 1. The molecule has 2 aliphatic rings. The third-order valence-electron chi connectivity index (χ3n) is 6.37. The zero-order valence-corrected chi connectivity index (χ0v) is 20.9. The quantitative estimate of drug-likeness (QED) is 0.407. The molecule has 1 amide bonds. The van der Waals surface area contributed by atoms with Crippen LogP contribution in [0.3, 0.4) is 0 Å². The van der Waals surface area contributed by atoms with Crippen LogP contribution in [-0.4, -0.2) is 59.0 Å². The van der Waals surface area contributed by atoms with E-state index in [4.69, 9.17) is 9.47 Å². The third-order valence-corrected chi connectivity index (χ3v) is 7.38. The SMILES string of the molecule is CCN(CC)CCCn1c2c(c(SCC(=O)Nc3ccc4c(c3)OCCO4)nc1=O)CCCC2. The van der Waals surface area contributed by atoms with E-state index in [-0.39, 0.29) is 17.3 Å². The molecule has 0 saturated heterocycles. The van der Waals surface area contributed by atoms with Gasteiger partial charge in [-0.1, -0.05) is 25.6 Å². The van der Waals surface area contributed by atoms with E-state index in [1.54, 1.807) is 18.2 Å². The molecular weight excluding hydrogens is 452 g/mol. The molecule has 1 aliphatic heterocycles. The van der Waals surface area contributed by atoms with Crippen LogP contribution in [0.1, 0.15) is 44.4 Å². The Morgan fingerprint density at radius 3 is 2.71 bits per heavy atom. The van der Waals surface area contributed by atoms with Crippen molar-refractivity contribution in [2.24, 2.45) is 0 Å². The molecule has 2 aromatic rings. The van der Waals surface area contributed by atoms with Gasteiger partial charge in [0, 0.05) is 29.6 Å². The molecule has 0 fully saturated rings. The van der Waals surface area contributed by atoms with E-state index in [1.165, 1.54) is 11.8 Å². The summed E-state index contributed by atoms with van der Waals surface area (Å²) in [5.41, 5.74) is 2.72. The van der Waals surface area contributed by atoms with Gasteiger partial charge >= 0.3 is 5.69 Å². The van der Waals surface area contributed by atoms with Crippen molar-refractivity contribution in [3.05, 3.63) is 39.9 Å². The van der Waals surface area contributed by atoms with Crippen molar-refractivity contribution in [1.82, 2.24) is 14.5 Å². The highest BCUT2D eigenvalue weighted by Crippen LogP contribution is 2.33. The molecule has 4 rings (SSSR count). The maximum absolute atomic E-state index is 12.9. The van der Waals surface area contributed by atoms with Crippen molar-refractivity contribution in [3.8, 4) is 11.5 Å². The molecular formula is C25H34N4O4S. The van der Waals surface area contributed by atoms with E-state index >= 15 is 0 Å². The molecule has 34 heavy (non-hydrogen) atoms. The van der Waals surface area contributed by atoms with Gasteiger partial charge in [-0.05, 0) is 63.9 Å². The topological polar surface area (TPSA) is 85.7 Å². The van der Waals surface area contributed by atoms with Gasteiger partial charge in [-0.15, -0.1) is 0 Å². The number of rotatable bonds is 10. The summed E-state index contributed by atoms with van der Waals surface area (Å²) in [6.07, 6.45) is 4.91. The van der Waals surface area contributed by atoms with Gasteiger partial charge in [-0.25, -0.2) is 4.79 Å². The molecule has 0 saturated carbocycles. The fraction of sp³-hybridized carbons (Fsp3) is 0.560. The number of hydrogen-bond donors (Lipinski definition) is 1. The van der Waals surface area contributed by atoms with Gasteiger partial charge in [-0.3, -0.25) is 9.36 Å². The first kappa shape index (κ1) is 24.6. The van der Waals surface area contributed by atoms with Crippen molar-refractivity contribution in [2.75, 3.05) is 43.9 Å². The Kier molecular flexibility index (Phi) is 8.50. The summed E-state index contributed by atoms with van der Waals surface area (Å²) in [4.78, 5) is 32.3. The number of benzene rings is 1. The lowest BCUT2D eigenvalue weighted by Gasteiger charge is -2.24. The molecule has 0 unspecified atom stereocenters. The maximum atomic E-state index is 12.9. The number of carbonyl (C=O) groups excluding carboxylic acids is 1. The van der Waals surface area contributed by atoms with Gasteiger partial charge in [0.15, 0.2) is 11.5 Å². The number of carbonyl (C=O) groups is 1. The summed E-state index contributed by atoms with van der Waals surface area (Å²) in [7, 11) is 0. The molecule has 1 aromatic heterocycles. The van der Waals surface area contributed by atoms with Crippen molar-refractivity contribution < 1.29 is 14.3 Å². The number of ether oxygens (including phenoxy) is 2. The Bertz CT molecular complexity index is 1070. The second-order valence-electron chi connectivity index (χ2n) is 8.56. The van der Waals surface area contributed by atoms with E-state index in [9.17, 15) is 9.59 Å². The predicted molar refractivity (Wildman–Crippen MR) is 134 cm³/mol. The molecule has 0 spiro atoms. The van der Waals surface area contributed by atoms with Crippen LogP contribution in [0, 0.1) is 0 Å². The van der Waals surface area contributed by atoms with Gasteiger partial charge in [0.2, 0.25) is 5.91 Å². The molecule has 184 valence electrons. The highest BCUT2D eigenvalue weighted by molar-refractivity contribution is 8.00. The van der Waals surface area contributed by atoms with Gasteiger partial charge in [-0.2, -0.15) is 4.98 Å². The van der Waals surface area contributed by atoms with Crippen LogP contribution >= 0.6 is 11.8 Å². The molecule has 0 radical (unpaired) electrons. The minimum atomic E-state index is -0.199. The molecule has 0 atom stereocenters. The normalized spacial score (nSPS) is 14.7. The van der Waals surface area contributed by atoms with E-state index < -0.39 is 0 Å². The maximum Gasteiger partial charge on any atom is 0.348 e. The van der Waals surface area contributed by atoms with Gasteiger partial charge in [0.25, 0.3) is 0 Å². The van der Waals surface area contributed by atoms with Gasteiger partial charge in [0.1, 0.15) is 18.2 Å². The minimum Gasteiger partial charge on any atom is -0.486 e. The zero-order valence-electron chi connectivity index (χ0n) is 20.1. The average molecular weight is 487 g/mol. The van der Waals surface area contributed by atoms with Crippen LogP contribution in [-0.2, 0) is 24.2 Å². The zero-order chi connectivity index (χ0) is 23.9. The first-order valence-corrected chi connectivity index (χ1v) is 13.2. The standard InChI is InChI=1S/C25H34N4O4S/c1-3-28(4-2)12-7-13-29-20-9-6-5-8-19(20)24(27-25(29)31)34-17-23(30)26-18-10-11-21-22(16-18)33-15-14-32-21/h10-11,16H,3-9,12-15,17H2,1-2H3,(H,26,30). The first-order valence-electron chi connectivity index (χ1n) is 12.3. The summed E-state index contributed by atoms with van der Waals surface area (Å²) in [6, 6.07) is 5.38. The highest BCUT2D eigenvalue weighted by atomic mass is 32.2. The lowest BCUT2D eigenvalue weighted by Crippen LogP contribution is -2.32. The summed E-state index contributed by atoms with van der Waals surface area (Å²) >= 11 is 1.35. The molecule has 9 heteroatoms. The Morgan fingerprint density at radius 2 is 1.91 bits per heavy atom. The van der Waals surface area contributed by atoms with Crippen LogP contribution in [0.5, 0.6) is 11.5 Å². The Morgan fingerprint density at radius 1 is 1.15 bits per heavy atom. The lowest BCUT2D eigenvalue weighted by atomic mass is 9.97. The van der Waals surface area contributed by atoms with Crippen LogP contribution < -0.4 is 20.5 Å². The predicted octanol–water partition coefficient (Wildman–Crippen LogP) is 3.36. The summed E-state index contributed by atoms with van der Waals surface area (Å²) < 4.78 is 13.0. The van der Waals surface area contributed by atoms with Crippen molar-refractivity contribution >= 4 is 23.4 Å². The molecule has 0 bridgehead atoms. The van der Waals surface area contributed by atoms with E-state index in [2.05, 4.69) is 29.0 Å². The number of amides is 1. The molecule has 1 aromatic carbocycles. The Labute approximate surface area is 205 Å². The van der Waals surface area contributed by atoms with Gasteiger partial charge < -0.3 is 19.7 Å². The van der Waals surface area contributed by atoms with E-state index in [0.29, 0.717) is 42.0 Å². The smallest absolute Gasteiger partial charge is 0.348 e. The van der Waals surface area contributed by atoms with Crippen LogP contribution in [0.4, 0.5) is 5.69 Å². The van der Waals surface area contributed by atoms with Crippen LogP contribution in [0.15, 0.2) is 28.0 Å². The average Bonchev–Trinajstić information content (AvgIpc) is 2.86. The van der Waals surface area contributed by atoms with Crippen molar-refractivity contribution in [1.29, 1.82) is 0 Å². The molecule has 1 aliphatic carbocycles. The summed E-state index contributed by atoms with van der Waals surface area (Å²) in [5, 5.41) is 3.61. The minimum absolute atomic E-state index is 0.142. The fourth-order valence-corrected chi connectivity index (χ4v) is 5.42. The second kappa shape index (κ2) is 11.8. The number of anilines is 1. The van der Waals surface area contributed by atoms with Crippen LogP contribution in [0.25, 0.3) is 0 Å². The Hall–Kier alpha value is -2.52. The monoisotopic (exact) mass is 486 g/mol. The molecule has 8 nitrogen and oxygen atoms in total. The van der Waals surface area contributed by atoms with E-state index in [0.717, 1.165) is 63.0 Å².